The van der Waals surface area contributed by atoms with Crippen LogP contribution >= 0.6 is 0 Å². The lowest BCUT2D eigenvalue weighted by molar-refractivity contribution is 0.0706. The quantitative estimate of drug-likeness (QED) is 0.858. The molecule has 1 aliphatic carbocycles. The van der Waals surface area contributed by atoms with E-state index in [4.69, 9.17) is 0 Å². The Bertz CT molecular complexity index is 466. The number of aryl methyl sites for hydroxylation is 1. The summed E-state index contributed by atoms with van der Waals surface area (Å²) >= 11 is 0. The number of carbonyl (C=O) groups excluding carboxylic acids is 1. The van der Waals surface area contributed by atoms with E-state index in [0.717, 1.165) is 42.4 Å². The van der Waals surface area contributed by atoms with E-state index in [1.807, 2.05) is 24.0 Å². The van der Waals surface area contributed by atoms with Crippen LogP contribution in [0.2, 0.25) is 0 Å². The van der Waals surface area contributed by atoms with Gasteiger partial charge in [-0.15, -0.1) is 0 Å². The van der Waals surface area contributed by atoms with Crippen molar-refractivity contribution in [2.45, 2.75) is 40.0 Å². The van der Waals surface area contributed by atoms with E-state index in [1.165, 1.54) is 19.3 Å². The molecule has 0 saturated heterocycles. The largest absolute Gasteiger partial charge is 0.385 e. The van der Waals surface area contributed by atoms with Crippen molar-refractivity contribution in [3.8, 4) is 0 Å². The van der Waals surface area contributed by atoms with Gasteiger partial charge in [0.05, 0.1) is 0 Å². The number of amides is 1. The molecule has 0 aromatic heterocycles. The van der Waals surface area contributed by atoms with Crippen molar-refractivity contribution in [1.82, 2.24) is 4.90 Å². The molecule has 0 bridgehead atoms. The van der Waals surface area contributed by atoms with Crippen molar-refractivity contribution in [1.29, 1.82) is 0 Å². The first-order valence-corrected chi connectivity index (χ1v) is 7.79. The summed E-state index contributed by atoms with van der Waals surface area (Å²) in [6, 6.07) is 6.02. The molecule has 0 radical (unpaired) electrons. The highest BCUT2D eigenvalue weighted by Gasteiger charge is 2.24. The third kappa shape index (κ3) is 3.33. The minimum Gasteiger partial charge on any atom is -0.385 e. The Kier molecular flexibility index (Phi) is 5.05. The van der Waals surface area contributed by atoms with E-state index in [0.29, 0.717) is 0 Å². The second kappa shape index (κ2) is 6.78. The number of benzene rings is 1. The number of carbonyl (C=O) groups is 1. The lowest BCUT2D eigenvalue weighted by Gasteiger charge is -2.32. The van der Waals surface area contributed by atoms with Gasteiger partial charge in [-0.05, 0) is 63.3 Å². The maximum atomic E-state index is 12.6. The minimum absolute atomic E-state index is 0.181. The van der Waals surface area contributed by atoms with Crippen LogP contribution in [0.15, 0.2) is 18.2 Å². The van der Waals surface area contributed by atoms with Crippen LogP contribution in [0.5, 0.6) is 0 Å². The molecule has 0 spiro atoms. The van der Waals surface area contributed by atoms with Crippen LogP contribution in [0.1, 0.15) is 49.0 Å². The summed E-state index contributed by atoms with van der Waals surface area (Å²) < 4.78 is 0. The van der Waals surface area contributed by atoms with Gasteiger partial charge in [0.25, 0.3) is 5.91 Å². The van der Waals surface area contributed by atoms with Crippen LogP contribution in [-0.4, -0.2) is 30.4 Å². The van der Waals surface area contributed by atoms with E-state index in [1.54, 1.807) is 0 Å². The van der Waals surface area contributed by atoms with Crippen molar-refractivity contribution in [2.24, 2.45) is 5.92 Å². The van der Waals surface area contributed by atoms with Gasteiger partial charge in [-0.2, -0.15) is 0 Å². The summed E-state index contributed by atoms with van der Waals surface area (Å²) in [6.07, 6.45) is 3.89. The van der Waals surface area contributed by atoms with Gasteiger partial charge in [0.2, 0.25) is 0 Å². The van der Waals surface area contributed by atoms with E-state index in [2.05, 4.69) is 25.2 Å². The molecule has 1 fully saturated rings. The van der Waals surface area contributed by atoms with Crippen molar-refractivity contribution in [2.75, 3.05) is 25.0 Å². The number of hydrogen-bond acceptors (Lipinski definition) is 2. The molecule has 3 nitrogen and oxygen atoms in total. The summed E-state index contributed by atoms with van der Waals surface area (Å²) in [5.74, 6) is 0.903. The molecule has 0 aliphatic heterocycles. The number of rotatable bonds is 6. The first-order valence-electron chi connectivity index (χ1n) is 7.79. The molecule has 1 aromatic carbocycles. The van der Waals surface area contributed by atoms with Gasteiger partial charge >= 0.3 is 0 Å². The molecular weight excluding hydrogens is 248 g/mol. The highest BCUT2D eigenvalue weighted by atomic mass is 16.2. The maximum absolute atomic E-state index is 12.6. The second-order valence-electron chi connectivity index (χ2n) is 5.70. The smallest absolute Gasteiger partial charge is 0.254 e. The van der Waals surface area contributed by atoms with Crippen molar-refractivity contribution >= 4 is 11.6 Å². The summed E-state index contributed by atoms with van der Waals surface area (Å²) in [5.41, 5.74) is 2.98. The Morgan fingerprint density at radius 1 is 1.35 bits per heavy atom. The topological polar surface area (TPSA) is 32.3 Å². The zero-order chi connectivity index (χ0) is 14.5. The fourth-order valence-electron chi connectivity index (χ4n) is 2.73. The Labute approximate surface area is 122 Å². The Morgan fingerprint density at radius 2 is 2.10 bits per heavy atom. The average molecular weight is 274 g/mol. The van der Waals surface area contributed by atoms with Crippen molar-refractivity contribution < 1.29 is 4.79 Å². The first kappa shape index (κ1) is 14.9. The summed E-state index contributed by atoms with van der Waals surface area (Å²) in [6.45, 7) is 8.78. The zero-order valence-corrected chi connectivity index (χ0v) is 12.9. The number of nitrogens with zero attached hydrogens (tertiary/aromatic N) is 1. The number of anilines is 1. The molecular formula is C17H26N2O. The Morgan fingerprint density at radius 3 is 2.60 bits per heavy atom. The van der Waals surface area contributed by atoms with Gasteiger partial charge < -0.3 is 10.2 Å². The lowest BCUT2D eigenvalue weighted by Crippen LogP contribution is -2.37. The van der Waals surface area contributed by atoms with Gasteiger partial charge in [0.1, 0.15) is 0 Å². The van der Waals surface area contributed by atoms with Crippen LogP contribution < -0.4 is 5.32 Å². The molecule has 1 aliphatic rings. The summed E-state index contributed by atoms with van der Waals surface area (Å²) in [7, 11) is 0. The summed E-state index contributed by atoms with van der Waals surface area (Å²) in [5, 5.41) is 3.28. The standard InChI is InChI=1S/C17H26N2O/c1-4-18-15-9-10-16(13(3)11-15)17(20)19(5-2)12-14-7-6-8-14/h9-11,14,18H,4-8,12H2,1-3H3. The normalized spacial score (nSPS) is 14.8. The molecule has 0 unspecified atom stereocenters. The van der Waals surface area contributed by atoms with Gasteiger partial charge in [0.15, 0.2) is 0 Å². The Hall–Kier alpha value is -1.51. The molecule has 1 N–H and O–H groups in total. The highest BCUT2D eigenvalue weighted by molar-refractivity contribution is 5.96. The van der Waals surface area contributed by atoms with Gasteiger partial charge in [0, 0.05) is 30.9 Å². The number of hydrogen-bond donors (Lipinski definition) is 1. The lowest BCUT2D eigenvalue weighted by atomic mass is 9.85. The zero-order valence-electron chi connectivity index (χ0n) is 12.9. The van der Waals surface area contributed by atoms with E-state index >= 15 is 0 Å². The SMILES string of the molecule is CCNc1ccc(C(=O)N(CC)CC2CCC2)c(C)c1. The van der Waals surface area contributed by atoms with Crippen molar-refractivity contribution in [3.63, 3.8) is 0 Å². The molecule has 1 aromatic rings. The fraction of sp³-hybridized carbons (Fsp3) is 0.588. The molecule has 3 heteroatoms. The Balaban J connectivity index is 2.09. The maximum Gasteiger partial charge on any atom is 0.254 e. The van der Waals surface area contributed by atoms with Crippen LogP contribution in [0.25, 0.3) is 0 Å². The molecule has 2 rings (SSSR count). The monoisotopic (exact) mass is 274 g/mol. The van der Waals surface area contributed by atoms with Crippen molar-refractivity contribution in [3.05, 3.63) is 29.3 Å². The van der Waals surface area contributed by atoms with E-state index in [9.17, 15) is 4.79 Å². The third-order valence-electron chi connectivity index (χ3n) is 4.21. The average Bonchev–Trinajstić information content (AvgIpc) is 2.38. The predicted molar refractivity (Wildman–Crippen MR) is 84.3 cm³/mol. The molecule has 110 valence electrons. The molecule has 0 atom stereocenters. The minimum atomic E-state index is 0.181. The fourth-order valence-corrected chi connectivity index (χ4v) is 2.73. The first-order chi connectivity index (χ1) is 9.65. The van der Waals surface area contributed by atoms with E-state index < -0.39 is 0 Å². The van der Waals surface area contributed by atoms with Crippen LogP contribution in [0.4, 0.5) is 5.69 Å². The van der Waals surface area contributed by atoms with Gasteiger partial charge in [-0.1, -0.05) is 6.42 Å². The second-order valence-corrected chi connectivity index (χ2v) is 5.70. The van der Waals surface area contributed by atoms with E-state index in [-0.39, 0.29) is 5.91 Å². The van der Waals surface area contributed by atoms with Crippen LogP contribution in [0.3, 0.4) is 0 Å². The van der Waals surface area contributed by atoms with Gasteiger partial charge in [-0.3, -0.25) is 4.79 Å². The van der Waals surface area contributed by atoms with Gasteiger partial charge in [-0.25, -0.2) is 0 Å². The highest BCUT2D eigenvalue weighted by Crippen LogP contribution is 2.28. The predicted octanol–water partition coefficient (Wildman–Crippen LogP) is 3.69. The van der Waals surface area contributed by atoms with Crippen LogP contribution in [-0.2, 0) is 0 Å². The number of nitrogens with one attached hydrogen (secondary N) is 1. The molecule has 0 heterocycles. The summed E-state index contributed by atoms with van der Waals surface area (Å²) in [4.78, 5) is 14.6. The molecule has 20 heavy (non-hydrogen) atoms. The molecule has 1 saturated carbocycles. The van der Waals surface area contributed by atoms with Crippen LogP contribution in [0, 0.1) is 12.8 Å². The molecule has 1 amide bonds. The third-order valence-corrected chi connectivity index (χ3v) is 4.21.